The van der Waals surface area contributed by atoms with Crippen LogP contribution in [-0.2, 0) is 14.8 Å². The van der Waals surface area contributed by atoms with E-state index in [1.807, 2.05) is 20.8 Å². The van der Waals surface area contributed by atoms with Crippen LogP contribution >= 0.6 is 11.6 Å². The summed E-state index contributed by atoms with van der Waals surface area (Å²) in [5.41, 5.74) is -0.932. The van der Waals surface area contributed by atoms with Gasteiger partial charge in [0, 0.05) is 12.4 Å². The van der Waals surface area contributed by atoms with Gasteiger partial charge in [-0.3, -0.25) is 0 Å². The van der Waals surface area contributed by atoms with Crippen LogP contribution in [0.2, 0.25) is 0 Å². The van der Waals surface area contributed by atoms with E-state index >= 15 is 0 Å². The minimum Gasteiger partial charge on any atom is -0.444 e. The molecule has 0 saturated carbocycles. The van der Waals surface area contributed by atoms with Crippen LogP contribution in [0, 0.1) is 5.41 Å². The van der Waals surface area contributed by atoms with Crippen molar-refractivity contribution < 1.29 is 17.9 Å². The Morgan fingerprint density at radius 3 is 2.14 bits per heavy atom. The number of rotatable bonds is 7. The molecule has 0 bridgehead atoms. The smallest absolute Gasteiger partial charge is 0.407 e. The molecule has 0 aliphatic rings. The molecule has 0 fully saturated rings. The molecule has 0 heterocycles. The first-order valence-electron chi connectivity index (χ1n) is 7.29. The van der Waals surface area contributed by atoms with Crippen LogP contribution in [0.4, 0.5) is 4.79 Å². The summed E-state index contributed by atoms with van der Waals surface area (Å²) in [5.74, 6) is 0.263. The number of alkyl halides is 1. The van der Waals surface area contributed by atoms with Crippen molar-refractivity contribution in [3.63, 3.8) is 0 Å². The molecular weight excluding hydrogens is 328 g/mol. The number of alkyl carbamates (subject to hydrolysis) is 1. The van der Waals surface area contributed by atoms with Gasteiger partial charge in [-0.15, -0.1) is 11.6 Å². The lowest BCUT2D eigenvalue weighted by Gasteiger charge is -2.32. The second-order valence-electron chi connectivity index (χ2n) is 7.27. The molecule has 0 rings (SSSR count). The van der Waals surface area contributed by atoms with E-state index < -0.39 is 27.8 Å². The monoisotopic (exact) mass is 356 g/mol. The Morgan fingerprint density at radius 2 is 1.73 bits per heavy atom. The van der Waals surface area contributed by atoms with Gasteiger partial charge in [0.05, 0.1) is 11.8 Å². The molecule has 0 aliphatic heterocycles. The number of carbonyl (C=O) groups excluding carboxylic acids is 1. The van der Waals surface area contributed by atoms with E-state index in [2.05, 4.69) is 10.0 Å². The van der Waals surface area contributed by atoms with E-state index in [4.69, 9.17) is 16.3 Å². The fourth-order valence-corrected chi connectivity index (χ4v) is 2.93. The zero-order chi connectivity index (χ0) is 17.6. The van der Waals surface area contributed by atoms with Crippen molar-refractivity contribution >= 4 is 27.7 Å². The fraction of sp³-hybridized carbons (Fsp3) is 0.929. The van der Waals surface area contributed by atoms with Gasteiger partial charge in [-0.1, -0.05) is 20.8 Å². The summed E-state index contributed by atoms with van der Waals surface area (Å²) >= 11 is 5.51. The molecule has 1 atom stereocenters. The summed E-state index contributed by atoms with van der Waals surface area (Å²) in [5, 5.41) is 2.73. The van der Waals surface area contributed by atoms with Crippen LogP contribution in [-0.4, -0.2) is 44.3 Å². The number of halogens is 1. The van der Waals surface area contributed by atoms with Gasteiger partial charge in [-0.25, -0.2) is 17.9 Å². The Balaban J connectivity index is 4.72. The van der Waals surface area contributed by atoms with Crippen LogP contribution in [0.3, 0.4) is 0 Å². The molecule has 0 saturated heterocycles. The molecule has 0 radical (unpaired) electrons. The van der Waals surface area contributed by atoms with Crippen molar-refractivity contribution in [3.8, 4) is 0 Å². The van der Waals surface area contributed by atoms with Crippen molar-refractivity contribution in [2.24, 2.45) is 5.41 Å². The maximum Gasteiger partial charge on any atom is 0.407 e. The first-order valence-corrected chi connectivity index (χ1v) is 9.48. The molecule has 1 amide bonds. The van der Waals surface area contributed by atoms with E-state index in [0.717, 1.165) is 0 Å². The highest BCUT2D eigenvalue weighted by atomic mass is 35.5. The first kappa shape index (κ1) is 21.5. The molecule has 132 valence electrons. The van der Waals surface area contributed by atoms with E-state index in [1.165, 1.54) is 0 Å². The van der Waals surface area contributed by atoms with Crippen LogP contribution in [0.15, 0.2) is 0 Å². The fourth-order valence-electron chi connectivity index (χ4n) is 1.55. The van der Waals surface area contributed by atoms with Crippen molar-refractivity contribution in [1.29, 1.82) is 0 Å². The zero-order valence-corrected chi connectivity index (χ0v) is 15.9. The summed E-state index contributed by atoms with van der Waals surface area (Å²) in [4.78, 5) is 11.9. The lowest BCUT2D eigenvalue weighted by molar-refractivity contribution is 0.0466. The molecule has 0 aromatic rings. The van der Waals surface area contributed by atoms with Crippen molar-refractivity contribution in [1.82, 2.24) is 10.0 Å². The molecule has 0 aromatic carbocycles. The van der Waals surface area contributed by atoms with E-state index in [1.54, 1.807) is 20.8 Å². The van der Waals surface area contributed by atoms with Crippen molar-refractivity contribution in [3.05, 3.63) is 0 Å². The Kier molecular flexibility index (Phi) is 8.16. The van der Waals surface area contributed by atoms with Crippen molar-refractivity contribution in [2.45, 2.75) is 59.6 Å². The Bertz CT molecular complexity index is 452. The lowest BCUT2D eigenvalue weighted by atomic mass is 9.87. The van der Waals surface area contributed by atoms with Crippen LogP contribution in [0.5, 0.6) is 0 Å². The molecule has 8 heteroatoms. The number of carbonyl (C=O) groups is 1. The predicted octanol–water partition coefficient (Wildman–Crippen LogP) is 2.47. The molecule has 6 nitrogen and oxygen atoms in total. The average molecular weight is 357 g/mol. The lowest BCUT2D eigenvalue weighted by Crippen LogP contribution is -2.51. The summed E-state index contributed by atoms with van der Waals surface area (Å²) in [6.07, 6.45) is -0.177. The zero-order valence-electron chi connectivity index (χ0n) is 14.3. The Morgan fingerprint density at radius 1 is 1.18 bits per heavy atom. The Hall–Kier alpha value is -0.530. The highest BCUT2D eigenvalue weighted by molar-refractivity contribution is 7.89. The van der Waals surface area contributed by atoms with Gasteiger partial charge in [0.25, 0.3) is 0 Å². The second kappa shape index (κ2) is 8.36. The van der Waals surface area contributed by atoms with E-state index in [0.29, 0.717) is 12.3 Å². The minimum absolute atomic E-state index is 0.0280. The van der Waals surface area contributed by atoms with Crippen molar-refractivity contribution in [2.75, 3.05) is 18.2 Å². The number of sulfonamides is 1. The van der Waals surface area contributed by atoms with Gasteiger partial charge >= 0.3 is 6.09 Å². The van der Waals surface area contributed by atoms with Gasteiger partial charge < -0.3 is 10.1 Å². The van der Waals surface area contributed by atoms with Crippen LogP contribution in [0.1, 0.15) is 48.0 Å². The summed E-state index contributed by atoms with van der Waals surface area (Å²) in [6, 6.07) is -0.395. The molecule has 0 spiro atoms. The third-order valence-electron chi connectivity index (χ3n) is 2.79. The highest BCUT2D eigenvalue weighted by Gasteiger charge is 2.29. The van der Waals surface area contributed by atoms with Gasteiger partial charge in [0.1, 0.15) is 5.60 Å². The summed E-state index contributed by atoms with van der Waals surface area (Å²) in [7, 11) is -3.40. The molecular formula is C14H29ClN2O4S. The minimum atomic E-state index is -3.40. The normalized spacial score (nSPS) is 14.5. The quantitative estimate of drug-likeness (QED) is 0.686. The SMILES string of the molecule is CC(C)(C)OC(=O)N[C@@H](CNS(=O)(=O)CCCCl)C(C)(C)C. The number of ether oxygens (including phenoxy) is 1. The van der Waals surface area contributed by atoms with E-state index in [-0.39, 0.29) is 17.7 Å². The number of hydrogen-bond acceptors (Lipinski definition) is 4. The topological polar surface area (TPSA) is 84.5 Å². The predicted molar refractivity (Wildman–Crippen MR) is 89.7 cm³/mol. The first-order chi connectivity index (χ1) is 9.77. The third kappa shape index (κ3) is 10.2. The van der Waals surface area contributed by atoms with Gasteiger partial charge in [0.15, 0.2) is 0 Å². The van der Waals surface area contributed by atoms with Crippen LogP contribution < -0.4 is 10.0 Å². The Labute approximate surface area is 139 Å². The standard InChI is InChI=1S/C14H29ClN2O4S/c1-13(2,3)11(17-12(18)21-14(4,5)6)10-16-22(19,20)9-7-8-15/h11,16H,7-10H2,1-6H3,(H,17,18)/t11-/m0/s1. The number of amides is 1. The van der Waals surface area contributed by atoms with Gasteiger partial charge in [0.2, 0.25) is 10.0 Å². The molecule has 22 heavy (non-hydrogen) atoms. The summed E-state index contributed by atoms with van der Waals surface area (Å²) in [6.45, 7) is 11.2. The van der Waals surface area contributed by atoms with Crippen LogP contribution in [0.25, 0.3) is 0 Å². The summed E-state index contributed by atoms with van der Waals surface area (Å²) < 4.78 is 31.4. The molecule has 0 aliphatic carbocycles. The number of hydrogen-bond donors (Lipinski definition) is 2. The number of nitrogens with one attached hydrogen (secondary N) is 2. The maximum absolute atomic E-state index is 11.9. The third-order valence-corrected chi connectivity index (χ3v) is 4.49. The largest absolute Gasteiger partial charge is 0.444 e. The molecule has 0 unspecified atom stereocenters. The average Bonchev–Trinajstić information content (AvgIpc) is 2.28. The van der Waals surface area contributed by atoms with Gasteiger partial charge in [-0.05, 0) is 32.6 Å². The molecule has 0 aromatic heterocycles. The van der Waals surface area contributed by atoms with Gasteiger partial charge in [-0.2, -0.15) is 0 Å². The van der Waals surface area contributed by atoms with E-state index in [9.17, 15) is 13.2 Å². The molecule has 2 N–H and O–H groups in total. The highest BCUT2D eigenvalue weighted by Crippen LogP contribution is 2.19. The maximum atomic E-state index is 11.9. The second-order valence-corrected chi connectivity index (χ2v) is 9.58.